The van der Waals surface area contributed by atoms with Gasteiger partial charge in [0.1, 0.15) is 5.69 Å². The van der Waals surface area contributed by atoms with E-state index in [0.29, 0.717) is 0 Å². The van der Waals surface area contributed by atoms with Crippen molar-refractivity contribution in [1.29, 1.82) is 0 Å². The molecule has 0 bridgehead atoms. The number of rotatable bonds is 3. The molecule has 1 aromatic carbocycles. The molecule has 4 heterocycles. The minimum absolute atomic E-state index is 0.0439. The van der Waals surface area contributed by atoms with Crippen molar-refractivity contribution in [2.24, 2.45) is 0 Å². The highest BCUT2D eigenvalue weighted by molar-refractivity contribution is 5.81. The summed E-state index contributed by atoms with van der Waals surface area (Å²) in [5.41, 5.74) is 3.99. The number of hydrogen-bond donors (Lipinski definition) is 0. The molecule has 5 rings (SSSR count). The zero-order chi connectivity index (χ0) is 18.2. The van der Waals surface area contributed by atoms with Crippen molar-refractivity contribution < 1.29 is 4.74 Å². The van der Waals surface area contributed by atoms with Crippen molar-refractivity contribution in [3.8, 4) is 17.2 Å². The smallest absolute Gasteiger partial charge is 0.163 e. The van der Waals surface area contributed by atoms with Gasteiger partial charge in [0.25, 0.3) is 0 Å². The first-order valence-corrected chi connectivity index (χ1v) is 9.36. The summed E-state index contributed by atoms with van der Waals surface area (Å²) in [6, 6.07) is 12.3. The van der Waals surface area contributed by atoms with Gasteiger partial charge in [0.05, 0.1) is 11.7 Å². The van der Waals surface area contributed by atoms with Crippen LogP contribution in [-0.2, 0) is 4.74 Å². The Hall–Kier alpha value is -2.99. The molecule has 0 aliphatic carbocycles. The molecule has 1 aliphatic rings. The van der Waals surface area contributed by atoms with E-state index in [1.54, 1.807) is 0 Å². The van der Waals surface area contributed by atoms with E-state index in [1.807, 2.05) is 48.4 Å². The van der Waals surface area contributed by atoms with E-state index in [4.69, 9.17) is 4.74 Å². The molecule has 0 saturated carbocycles. The van der Waals surface area contributed by atoms with E-state index >= 15 is 0 Å². The van der Waals surface area contributed by atoms with E-state index in [9.17, 15) is 0 Å². The van der Waals surface area contributed by atoms with Gasteiger partial charge in [-0.25, -0.2) is 14.6 Å². The van der Waals surface area contributed by atoms with Gasteiger partial charge < -0.3 is 4.74 Å². The van der Waals surface area contributed by atoms with Crippen molar-refractivity contribution >= 4 is 10.9 Å². The number of hydrogen-bond acceptors (Lipinski definition) is 4. The fourth-order valence-corrected chi connectivity index (χ4v) is 3.71. The lowest BCUT2D eigenvalue weighted by molar-refractivity contribution is -0.0366. The van der Waals surface area contributed by atoms with E-state index in [2.05, 4.69) is 37.8 Å². The predicted molar refractivity (Wildman–Crippen MR) is 104 cm³/mol. The average Bonchev–Trinajstić information content (AvgIpc) is 3.35. The molecule has 4 aromatic rings. The molecule has 1 aliphatic heterocycles. The Balaban J connectivity index is 1.54. The zero-order valence-electron chi connectivity index (χ0n) is 15.2. The summed E-state index contributed by atoms with van der Waals surface area (Å²) in [6.07, 6.45) is 9.07. The number of imidazole rings is 1. The highest BCUT2D eigenvalue weighted by atomic mass is 16.5. The van der Waals surface area contributed by atoms with Gasteiger partial charge >= 0.3 is 0 Å². The molecular formula is C21H21N5O. The second-order valence-electron chi connectivity index (χ2n) is 6.94. The van der Waals surface area contributed by atoms with Gasteiger partial charge in [-0.05, 0) is 56.5 Å². The predicted octanol–water partition coefficient (Wildman–Crippen LogP) is 4.29. The van der Waals surface area contributed by atoms with Gasteiger partial charge in [-0.2, -0.15) is 5.10 Å². The van der Waals surface area contributed by atoms with Crippen molar-refractivity contribution in [1.82, 2.24) is 24.3 Å². The molecule has 0 N–H and O–H groups in total. The molecule has 1 fully saturated rings. The quantitative estimate of drug-likeness (QED) is 0.547. The molecule has 1 atom stereocenters. The number of pyridine rings is 1. The third-order valence-electron chi connectivity index (χ3n) is 5.04. The Bertz CT molecular complexity index is 1090. The van der Waals surface area contributed by atoms with Crippen LogP contribution < -0.4 is 0 Å². The van der Waals surface area contributed by atoms with Crippen LogP contribution in [0.3, 0.4) is 0 Å². The largest absolute Gasteiger partial charge is 0.356 e. The van der Waals surface area contributed by atoms with Crippen molar-refractivity contribution in [2.45, 2.75) is 32.4 Å². The summed E-state index contributed by atoms with van der Waals surface area (Å²) in [7, 11) is 0. The molecule has 0 spiro atoms. The van der Waals surface area contributed by atoms with Crippen LogP contribution >= 0.6 is 0 Å². The first-order chi connectivity index (χ1) is 13.3. The summed E-state index contributed by atoms with van der Waals surface area (Å²) < 4.78 is 9.97. The highest BCUT2D eigenvalue weighted by Gasteiger charge is 2.19. The van der Waals surface area contributed by atoms with Crippen LogP contribution in [0.5, 0.6) is 0 Å². The monoisotopic (exact) mass is 359 g/mol. The summed E-state index contributed by atoms with van der Waals surface area (Å²) in [5, 5.41) is 5.68. The molecule has 1 saturated heterocycles. The van der Waals surface area contributed by atoms with Gasteiger partial charge in [-0.3, -0.25) is 4.57 Å². The first kappa shape index (κ1) is 16.2. The van der Waals surface area contributed by atoms with Gasteiger partial charge in [0, 0.05) is 35.8 Å². The Morgan fingerprint density at radius 2 is 2.11 bits per heavy atom. The highest BCUT2D eigenvalue weighted by Crippen LogP contribution is 2.28. The fourth-order valence-electron chi connectivity index (χ4n) is 3.71. The minimum Gasteiger partial charge on any atom is -0.356 e. The average molecular weight is 359 g/mol. The van der Waals surface area contributed by atoms with Crippen LogP contribution in [-0.4, -0.2) is 30.9 Å². The summed E-state index contributed by atoms with van der Waals surface area (Å²) in [6.45, 7) is 2.80. The lowest BCUT2D eigenvalue weighted by Gasteiger charge is -2.23. The fraction of sp³-hybridized carbons (Fsp3) is 0.286. The Labute approximate surface area is 157 Å². The molecule has 6 nitrogen and oxygen atoms in total. The van der Waals surface area contributed by atoms with E-state index in [0.717, 1.165) is 53.3 Å². The molecule has 1 unspecified atom stereocenters. The van der Waals surface area contributed by atoms with Crippen LogP contribution in [0.15, 0.2) is 55.0 Å². The van der Waals surface area contributed by atoms with Crippen LogP contribution in [0.4, 0.5) is 0 Å². The lowest BCUT2D eigenvalue weighted by Crippen LogP contribution is -2.18. The standard InChI is InChI=1S/C21H21N5O/c1-15-5-4-6-18(24-15)21-22-10-11-25(21)17-8-9-19-16(13-17)14-23-26(19)20-7-2-3-12-27-20/h4-6,8-11,13-14,20H,2-3,7,12H2,1H3. The zero-order valence-corrected chi connectivity index (χ0v) is 15.2. The number of fused-ring (bicyclic) bond motifs is 1. The molecule has 3 aromatic heterocycles. The van der Waals surface area contributed by atoms with Gasteiger partial charge in [0.15, 0.2) is 12.1 Å². The van der Waals surface area contributed by atoms with Crippen molar-refractivity contribution in [3.05, 3.63) is 60.7 Å². The second-order valence-corrected chi connectivity index (χ2v) is 6.94. The van der Waals surface area contributed by atoms with E-state index in [-0.39, 0.29) is 6.23 Å². The number of benzene rings is 1. The second kappa shape index (κ2) is 6.63. The maximum absolute atomic E-state index is 5.90. The van der Waals surface area contributed by atoms with Crippen LogP contribution in [0.25, 0.3) is 28.1 Å². The van der Waals surface area contributed by atoms with Crippen LogP contribution in [0, 0.1) is 6.92 Å². The third kappa shape index (κ3) is 2.92. The SMILES string of the molecule is Cc1cccc(-c2nccn2-c2ccc3c(cnn3C3CCCCO3)c2)n1. The van der Waals surface area contributed by atoms with Crippen LogP contribution in [0.1, 0.15) is 31.2 Å². The lowest BCUT2D eigenvalue weighted by atomic mass is 10.2. The van der Waals surface area contributed by atoms with Crippen LogP contribution in [0.2, 0.25) is 0 Å². The van der Waals surface area contributed by atoms with E-state index in [1.165, 1.54) is 6.42 Å². The Morgan fingerprint density at radius 3 is 2.96 bits per heavy atom. The molecule has 0 radical (unpaired) electrons. The van der Waals surface area contributed by atoms with Gasteiger partial charge in [0.2, 0.25) is 0 Å². The number of nitrogens with zero attached hydrogens (tertiary/aromatic N) is 5. The molecule has 0 amide bonds. The Morgan fingerprint density at radius 1 is 1.15 bits per heavy atom. The molecule has 27 heavy (non-hydrogen) atoms. The topological polar surface area (TPSA) is 57.8 Å². The molecule has 136 valence electrons. The minimum atomic E-state index is 0.0439. The maximum atomic E-state index is 5.90. The van der Waals surface area contributed by atoms with Gasteiger partial charge in [-0.15, -0.1) is 0 Å². The number of aromatic nitrogens is 5. The first-order valence-electron chi connectivity index (χ1n) is 9.36. The molecule has 6 heteroatoms. The summed E-state index contributed by atoms with van der Waals surface area (Å²) in [4.78, 5) is 9.14. The van der Waals surface area contributed by atoms with Crippen molar-refractivity contribution in [2.75, 3.05) is 6.61 Å². The van der Waals surface area contributed by atoms with Gasteiger partial charge in [-0.1, -0.05) is 6.07 Å². The summed E-state index contributed by atoms with van der Waals surface area (Å²) in [5.74, 6) is 0.834. The maximum Gasteiger partial charge on any atom is 0.163 e. The third-order valence-corrected chi connectivity index (χ3v) is 5.04. The molecular weight excluding hydrogens is 338 g/mol. The normalized spacial score (nSPS) is 17.4. The van der Waals surface area contributed by atoms with E-state index < -0.39 is 0 Å². The van der Waals surface area contributed by atoms with Crippen molar-refractivity contribution in [3.63, 3.8) is 0 Å². The number of aryl methyl sites for hydroxylation is 1. The summed E-state index contributed by atoms with van der Waals surface area (Å²) >= 11 is 0. The number of ether oxygens (including phenoxy) is 1. The Kier molecular flexibility index (Phi) is 3.98.